The minimum Gasteiger partial charge on any atom is -0.306 e. The maximum absolute atomic E-state index is 4.27. The molecule has 0 atom stereocenters. The third-order valence-electron chi connectivity index (χ3n) is 3.91. The van der Waals surface area contributed by atoms with E-state index in [-0.39, 0.29) is 5.54 Å². The zero-order valence-corrected chi connectivity index (χ0v) is 11.9. The highest BCUT2D eigenvalue weighted by Crippen LogP contribution is 2.20. The standard InChI is InChI=1S/C15H22N4/c1-4-15(3,5-2)16-11-13-14(18-19-17-13)12-9-7-6-8-10-12/h6-10,16H,4-5,11H2,1-3H3,(H,17,18,19). The molecule has 0 spiro atoms. The number of hydrogen-bond acceptors (Lipinski definition) is 3. The molecular formula is C15H22N4. The first-order chi connectivity index (χ1) is 9.18. The molecule has 0 amide bonds. The zero-order valence-electron chi connectivity index (χ0n) is 11.9. The molecule has 0 saturated carbocycles. The molecule has 0 radical (unpaired) electrons. The van der Waals surface area contributed by atoms with Crippen LogP contribution in [0.2, 0.25) is 0 Å². The monoisotopic (exact) mass is 258 g/mol. The van der Waals surface area contributed by atoms with Crippen LogP contribution in [0, 0.1) is 0 Å². The maximum Gasteiger partial charge on any atom is 0.117 e. The lowest BCUT2D eigenvalue weighted by Crippen LogP contribution is -2.40. The molecule has 0 unspecified atom stereocenters. The second-order valence-electron chi connectivity index (χ2n) is 5.11. The lowest BCUT2D eigenvalue weighted by atomic mass is 9.95. The van der Waals surface area contributed by atoms with Crippen molar-refractivity contribution in [2.45, 2.75) is 45.7 Å². The van der Waals surface area contributed by atoms with Crippen LogP contribution in [0.5, 0.6) is 0 Å². The molecular weight excluding hydrogens is 236 g/mol. The van der Waals surface area contributed by atoms with E-state index in [4.69, 9.17) is 0 Å². The van der Waals surface area contributed by atoms with Crippen LogP contribution in [0.1, 0.15) is 39.3 Å². The van der Waals surface area contributed by atoms with E-state index in [1.807, 2.05) is 18.2 Å². The van der Waals surface area contributed by atoms with Crippen molar-refractivity contribution in [3.8, 4) is 11.3 Å². The molecule has 1 aromatic carbocycles. The fraction of sp³-hybridized carbons (Fsp3) is 0.467. The lowest BCUT2D eigenvalue weighted by molar-refractivity contribution is 0.328. The van der Waals surface area contributed by atoms with Gasteiger partial charge < -0.3 is 5.32 Å². The molecule has 19 heavy (non-hydrogen) atoms. The summed E-state index contributed by atoms with van der Waals surface area (Å²) in [6, 6.07) is 10.2. The van der Waals surface area contributed by atoms with Crippen molar-refractivity contribution in [1.82, 2.24) is 20.7 Å². The topological polar surface area (TPSA) is 53.6 Å². The summed E-state index contributed by atoms with van der Waals surface area (Å²) < 4.78 is 0. The fourth-order valence-electron chi connectivity index (χ4n) is 2.00. The average Bonchev–Trinajstić information content (AvgIpc) is 2.94. The van der Waals surface area contributed by atoms with Crippen molar-refractivity contribution in [2.24, 2.45) is 0 Å². The van der Waals surface area contributed by atoms with Crippen molar-refractivity contribution in [3.63, 3.8) is 0 Å². The lowest BCUT2D eigenvalue weighted by Gasteiger charge is -2.28. The minimum absolute atomic E-state index is 0.160. The number of nitrogens with one attached hydrogen (secondary N) is 2. The van der Waals surface area contributed by atoms with Gasteiger partial charge in [0.1, 0.15) is 11.4 Å². The third kappa shape index (κ3) is 3.20. The average molecular weight is 258 g/mol. The molecule has 4 heteroatoms. The van der Waals surface area contributed by atoms with E-state index in [1.165, 1.54) is 0 Å². The molecule has 0 aliphatic rings. The first-order valence-electron chi connectivity index (χ1n) is 6.88. The minimum atomic E-state index is 0.160. The highest BCUT2D eigenvalue weighted by Gasteiger charge is 2.20. The summed E-state index contributed by atoms with van der Waals surface area (Å²) in [6.45, 7) is 7.39. The Labute approximate surface area is 114 Å². The molecule has 0 aliphatic heterocycles. The van der Waals surface area contributed by atoms with Crippen molar-refractivity contribution in [1.29, 1.82) is 0 Å². The Hall–Kier alpha value is -1.68. The summed E-state index contributed by atoms with van der Waals surface area (Å²) in [6.07, 6.45) is 2.20. The van der Waals surface area contributed by atoms with Gasteiger partial charge in [-0.15, -0.1) is 0 Å². The van der Waals surface area contributed by atoms with Gasteiger partial charge in [0.25, 0.3) is 0 Å². The molecule has 2 N–H and O–H groups in total. The Morgan fingerprint density at radius 2 is 1.79 bits per heavy atom. The van der Waals surface area contributed by atoms with Gasteiger partial charge in [0.2, 0.25) is 0 Å². The summed E-state index contributed by atoms with van der Waals surface area (Å²) in [5.41, 5.74) is 3.16. The quantitative estimate of drug-likeness (QED) is 0.837. The summed E-state index contributed by atoms with van der Waals surface area (Å²) in [5, 5.41) is 14.8. The van der Waals surface area contributed by atoms with Gasteiger partial charge in [-0.25, -0.2) is 0 Å². The first kappa shape index (κ1) is 13.7. The molecule has 4 nitrogen and oxygen atoms in total. The predicted octanol–water partition coefficient (Wildman–Crippen LogP) is 3.14. The summed E-state index contributed by atoms with van der Waals surface area (Å²) in [7, 11) is 0. The van der Waals surface area contributed by atoms with E-state index in [9.17, 15) is 0 Å². The fourth-order valence-corrected chi connectivity index (χ4v) is 2.00. The molecule has 102 valence electrons. The van der Waals surface area contributed by atoms with Crippen molar-refractivity contribution in [2.75, 3.05) is 0 Å². The van der Waals surface area contributed by atoms with Crippen LogP contribution in [-0.4, -0.2) is 20.9 Å². The van der Waals surface area contributed by atoms with Gasteiger partial charge in [-0.3, -0.25) is 0 Å². The molecule has 2 rings (SSSR count). The van der Waals surface area contributed by atoms with E-state index in [0.29, 0.717) is 0 Å². The Morgan fingerprint density at radius 3 is 2.42 bits per heavy atom. The van der Waals surface area contributed by atoms with Gasteiger partial charge in [-0.05, 0) is 19.8 Å². The normalized spacial score (nSPS) is 11.7. The Bertz CT molecular complexity index is 500. The largest absolute Gasteiger partial charge is 0.306 e. The van der Waals surface area contributed by atoms with E-state index < -0.39 is 0 Å². The Kier molecular flexibility index (Phi) is 4.32. The van der Waals surface area contributed by atoms with Crippen LogP contribution in [0.4, 0.5) is 0 Å². The van der Waals surface area contributed by atoms with Crippen LogP contribution < -0.4 is 5.32 Å². The maximum atomic E-state index is 4.27. The van der Waals surface area contributed by atoms with Crippen molar-refractivity contribution >= 4 is 0 Å². The molecule has 0 saturated heterocycles. The van der Waals surface area contributed by atoms with Gasteiger partial charge in [0.15, 0.2) is 0 Å². The molecule has 2 aromatic rings. The van der Waals surface area contributed by atoms with Gasteiger partial charge in [0.05, 0.1) is 0 Å². The first-order valence-corrected chi connectivity index (χ1v) is 6.88. The molecule has 0 bridgehead atoms. The third-order valence-corrected chi connectivity index (χ3v) is 3.91. The molecule has 1 heterocycles. The summed E-state index contributed by atoms with van der Waals surface area (Å²) >= 11 is 0. The van der Waals surface area contributed by atoms with Crippen LogP contribution in [-0.2, 0) is 6.54 Å². The Morgan fingerprint density at radius 1 is 1.11 bits per heavy atom. The number of benzene rings is 1. The smallest absolute Gasteiger partial charge is 0.117 e. The zero-order chi connectivity index (χ0) is 13.7. The molecule has 1 aromatic heterocycles. The van der Waals surface area contributed by atoms with Crippen LogP contribution >= 0.6 is 0 Å². The number of H-pyrrole nitrogens is 1. The number of aromatic nitrogens is 3. The van der Waals surface area contributed by atoms with E-state index in [0.717, 1.165) is 36.3 Å². The van der Waals surface area contributed by atoms with Crippen molar-refractivity contribution < 1.29 is 0 Å². The SMILES string of the molecule is CCC(C)(CC)NCc1n[nH]nc1-c1ccccc1. The predicted molar refractivity (Wildman–Crippen MR) is 77.6 cm³/mol. The van der Waals surface area contributed by atoms with E-state index >= 15 is 0 Å². The van der Waals surface area contributed by atoms with Gasteiger partial charge in [-0.1, -0.05) is 44.2 Å². The number of aromatic amines is 1. The number of hydrogen-bond donors (Lipinski definition) is 2. The Balaban J connectivity index is 2.13. The molecule has 0 aliphatic carbocycles. The second kappa shape index (κ2) is 5.97. The second-order valence-corrected chi connectivity index (χ2v) is 5.11. The van der Waals surface area contributed by atoms with Gasteiger partial charge >= 0.3 is 0 Å². The van der Waals surface area contributed by atoms with E-state index in [1.54, 1.807) is 0 Å². The van der Waals surface area contributed by atoms with Gasteiger partial charge in [-0.2, -0.15) is 15.4 Å². The van der Waals surface area contributed by atoms with Crippen molar-refractivity contribution in [3.05, 3.63) is 36.0 Å². The van der Waals surface area contributed by atoms with E-state index in [2.05, 4.69) is 53.6 Å². The molecule has 0 fully saturated rings. The number of rotatable bonds is 6. The summed E-state index contributed by atoms with van der Waals surface area (Å²) in [4.78, 5) is 0. The number of nitrogens with zero attached hydrogens (tertiary/aromatic N) is 2. The highest BCUT2D eigenvalue weighted by molar-refractivity contribution is 5.60. The van der Waals surface area contributed by atoms with Crippen LogP contribution in [0.15, 0.2) is 30.3 Å². The van der Waals surface area contributed by atoms with Gasteiger partial charge in [0, 0.05) is 17.6 Å². The van der Waals surface area contributed by atoms with Crippen LogP contribution in [0.3, 0.4) is 0 Å². The summed E-state index contributed by atoms with van der Waals surface area (Å²) in [5.74, 6) is 0. The highest BCUT2D eigenvalue weighted by atomic mass is 15.3. The van der Waals surface area contributed by atoms with Crippen LogP contribution in [0.25, 0.3) is 11.3 Å².